The summed E-state index contributed by atoms with van der Waals surface area (Å²) in [5, 5.41) is 5.37. The van der Waals surface area contributed by atoms with E-state index >= 15 is 0 Å². The number of thiophene rings is 1. The molecule has 1 aromatic heterocycles. The molecule has 0 unspecified atom stereocenters. The number of ether oxygens (including phenoxy) is 1. The SMILES string of the molecule is CC1=C(C(=O)OCCc2ccccc2)[C@H](c2cccs2)C2=C(CC(C)(C)CC2=O)N1. The first-order valence-corrected chi connectivity index (χ1v) is 11.2. The molecule has 0 bridgehead atoms. The molecule has 2 heterocycles. The molecule has 1 N–H and O–H groups in total. The second-order valence-corrected chi connectivity index (χ2v) is 9.80. The van der Waals surface area contributed by atoms with Gasteiger partial charge in [-0.25, -0.2) is 4.79 Å². The lowest BCUT2D eigenvalue weighted by atomic mass is 9.70. The summed E-state index contributed by atoms with van der Waals surface area (Å²) in [7, 11) is 0. The Kier molecular flexibility index (Phi) is 5.65. The molecule has 5 heteroatoms. The number of esters is 1. The van der Waals surface area contributed by atoms with E-state index in [-0.39, 0.29) is 23.1 Å². The zero-order valence-corrected chi connectivity index (χ0v) is 18.5. The normalized spacial score (nSPS) is 20.6. The Morgan fingerprint density at radius 2 is 1.93 bits per heavy atom. The fraction of sp³-hybridized carbons (Fsp3) is 0.360. The van der Waals surface area contributed by atoms with Gasteiger partial charge in [0.15, 0.2) is 5.78 Å². The highest BCUT2D eigenvalue weighted by atomic mass is 32.1. The van der Waals surface area contributed by atoms with Crippen LogP contribution in [0.4, 0.5) is 0 Å². The van der Waals surface area contributed by atoms with Gasteiger partial charge in [0.1, 0.15) is 0 Å². The van der Waals surface area contributed by atoms with Crippen LogP contribution in [0.3, 0.4) is 0 Å². The van der Waals surface area contributed by atoms with Crippen molar-refractivity contribution in [1.29, 1.82) is 0 Å². The number of Topliss-reactive ketones (excluding diaryl/α,β-unsaturated/α-hetero) is 1. The van der Waals surface area contributed by atoms with E-state index in [1.54, 1.807) is 11.3 Å². The molecule has 1 atom stereocenters. The van der Waals surface area contributed by atoms with E-state index in [2.05, 4.69) is 19.2 Å². The number of nitrogens with one attached hydrogen (secondary N) is 1. The maximum atomic E-state index is 13.2. The standard InChI is InChI=1S/C25H27NO3S/c1-16-21(24(28)29-12-11-17-8-5-4-6-9-17)23(20-10-7-13-30-20)22-18(26-16)14-25(2,3)15-19(22)27/h4-10,13,23,26H,11-12,14-15H2,1-3H3/t23-/m0/s1. The minimum Gasteiger partial charge on any atom is -0.462 e. The van der Waals surface area contributed by atoms with Crippen LogP contribution in [0.2, 0.25) is 0 Å². The van der Waals surface area contributed by atoms with Crippen LogP contribution in [-0.2, 0) is 20.7 Å². The third kappa shape index (κ3) is 4.12. The fourth-order valence-electron chi connectivity index (χ4n) is 4.43. The first kappa shape index (κ1) is 20.6. The Bertz CT molecular complexity index is 1020. The molecule has 1 aliphatic carbocycles. The quantitative estimate of drug-likeness (QED) is 0.680. The molecule has 0 fully saturated rings. The molecule has 0 amide bonds. The number of rotatable bonds is 5. The van der Waals surface area contributed by atoms with Crippen molar-refractivity contribution in [3.05, 3.63) is 80.8 Å². The van der Waals surface area contributed by atoms with Gasteiger partial charge in [0, 0.05) is 34.7 Å². The van der Waals surface area contributed by atoms with Crippen LogP contribution < -0.4 is 5.32 Å². The minimum atomic E-state index is -0.353. The average molecular weight is 422 g/mol. The molecule has 30 heavy (non-hydrogen) atoms. The van der Waals surface area contributed by atoms with Crippen molar-refractivity contribution in [2.24, 2.45) is 5.41 Å². The lowest BCUT2D eigenvalue weighted by molar-refractivity contribution is -0.139. The number of carbonyl (C=O) groups excluding carboxylic acids is 2. The highest BCUT2D eigenvalue weighted by Crippen LogP contribution is 2.47. The Morgan fingerprint density at radius 3 is 2.63 bits per heavy atom. The first-order valence-electron chi connectivity index (χ1n) is 10.3. The molecular weight excluding hydrogens is 394 g/mol. The van der Waals surface area contributed by atoms with Crippen molar-refractivity contribution in [2.75, 3.05) is 6.61 Å². The van der Waals surface area contributed by atoms with Gasteiger partial charge in [-0.1, -0.05) is 50.2 Å². The lowest BCUT2D eigenvalue weighted by Gasteiger charge is -2.39. The van der Waals surface area contributed by atoms with Gasteiger partial charge in [0.2, 0.25) is 0 Å². The molecule has 2 aromatic rings. The van der Waals surface area contributed by atoms with E-state index in [1.807, 2.05) is 54.8 Å². The van der Waals surface area contributed by atoms with Gasteiger partial charge in [0.05, 0.1) is 18.1 Å². The van der Waals surface area contributed by atoms with Gasteiger partial charge < -0.3 is 10.1 Å². The molecule has 0 radical (unpaired) electrons. The maximum absolute atomic E-state index is 13.2. The van der Waals surface area contributed by atoms with Crippen molar-refractivity contribution >= 4 is 23.1 Å². The van der Waals surface area contributed by atoms with Crippen LogP contribution in [0, 0.1) is 5.41 Å². The Labute approximate surface area is 181 Å². The summed E-state index contributed by atoms with van der Waals surface area (Å²) in [6.45, 7) is 6.44. The van der Waals surface area contributed by atoms with E-state index in [0.29, 0.717) is 25.0 Å². The van der Waals surface area contributed by atoms with Crippen molar-refractivity contribution in [1.82, 2.24) is 5.32 Å². The van der Waals surface area contributed by atoms with Crippen LogP contribution in [0.15, 0.2) is 70.4 Å². The predicted molar refractivity (Wildman–Crippen MR) is 119 cm³/mol. The molecule has 4 rings (SSSR count). The van der Waals surface area contributed by atoms with Gasteiger partial charge in [-0.05, 0) is 35.8 Å². The monoisotopic (exact) mass is 421 g/mol. The van der Waals surface area contributed by atoms with Crippen LogP contribution in [0.5, 0.6) is 0 Å². The van der Waals surface area contributed by atoms with Gasteiger partial charge in [0.25, 0.3) is 0 Å². The predicted octanol–water partition coefficient (Wildman–Crippen LogP) is 5.14. The van der Waals surface area contributed by atoms with Crippen molar-refractivity contribution < 1.29 is 14.3 Å². The molecule has 0 spiro atoms. The summed E-state index contributed by atoms with van der Waals surface area (Å²) >= 11 is 1.57. The Morgan fingerprint density at radius 1 is 1.17 bits per heavy atom. The third-order valence-electron chi connectivity index (χ3n) is 5.75. The van der Waals surface area contributed by atoms with E-state index in [4.69, 9.17) is 4.74 Å². The van der Waals surface area contributed by atoms with Crippen molar-refractivity contribution in [3.8, 4) is 0 Å². The minimum absolute atomic E-state index is 0.0864. The average Bonchev–Trinajstić information content (AvgIpc) is 3.21. The Balaban J connectivity index is 1.61. The number of carbonyl (C=O) groups is 2. The largest absolute Gasteiger partial charge is 0.462 e. The number of hydrogen-bond acceptors (Lipinski definition) is 5. The summed E-state index contributed by atoms with van der Waals surface area (Å²) in [5.74, 6) is -0.582. The molecule has 4 nitrogen and oxygen atoms in total. The highest BCUT2D eigenvalue weighted by Gasteiger charge is 2.43. The van der Waals surface area contributed by atoms with E-state index in [9.17, 15) is 9.59 Å². The van der Waals surface area contributed by atoms with Crippen LogP contribution in [-0.4, -0.2) is 18.4 Å². The highest BCUT2D eigenvalue weighted by molar-refractivity contribution is 7.10. The molecule has 1 aromatic carbocycles. The summed E-state index contributed by atoms with van der Waals surface area (Å²) < 4.78 is 5.67. The van der Waals surface area contributed by atoms with E-state index in [0.717, 1.165) is 33.8 Å². The number of benzene rings is 1. The summed E-state index contributed by atoms with van der Waals surface area (Å²) in [6.07, 6.45) is 1.95. The summed E-state index contributed by atoms with van der Waals surface area (Å²) in [6, 6.07) is 13.9. The molecule has 1 aliphatic heterocycles. The fourth-order valence-corrected chi connectivity index (χ4v) is 5.27. The third-order valence-corrected chi connectivity index (χ3v) is 6.69. The summed E-state index contributed by atoms with van der Waals surface area (Å²) in [4.78, 5) is 27.3. The van der Waals surface area contributed by atoms with Crippen molar-refractivity contribution in [2.45, 2.75) is 46.0 Å². The Hall–Kier alpha value is -2.66. The van der Waals surface area contributed by atoms with Gasteiger partial charge >= 0.3 is 5.97 Å². The van der Waals surface area contributed by atoms with Gasteiger partial charge in [-0.3, -0.25) is 4.79 Å². The molecule has 156 valence electrons. The maximum Gasteiger partial charge on any atom is 0.336 e. The number of hydrogen-bond donors (Lipinski definition) is 1. The van der Waals surface area contributed by atoms with E-state index in [1.165, 1.54) is 0 Å². The molecular formula is C25H27NO3S. The first-order chi connectivity index (χ1) is 14.4. The van der Waals surface area contributed by atoms with Crippen LogP contribution in [0.25, 0.3) is 0 Å². The van der Waals surface area contributed by atoms with Crippen molar-refractivity contribution in [3.63, 3.8) is 0 Å². The smallest absolute Gasteiger partial charge is 0.336 e. The number of dihydropyridines is 1. The summed E-state index contributed by atoms with van der Waals surface area (Å²) in [5.41, 5.74) is 4.06. The van der Waals surface area contributed by atoms with Gasteiger partial charge in [-0.15, -0.1) is 11.3 Å². The zero-order chi connectivity index (χ0) is 21.3. The second kappa shape index (κ2) is 8.23. The van der Waals surface area contributed by atoms with E-state index < -0.39 is 0 Å². The topological polar surface area (TPSA) is 55.4 Å². The zero-order valence-electron chi connectivity index (χ0n) is 17.7. The van der Waals surface area contributed by atoms with Crippen LogP contribution in [0.1, 0.15) is 50.0 Å². The molecule has 0 saturated heterocycles. The second-order valence-electron chi connectivity index (χ2n) is 8.82. The number of allylic oxidation sites excluding steroid dienone is 3. The molecule has 2 aliphatic rings. The number of ketones is 1. The molecule has 0 saturated carbocycles. The van der Waals surface area contributed by atoms with Crippen LogP contribution >= 0.6 is 11.3 Å². The lowest BCUT2D eigenvalue weighted by Crippen LogP contribution is -2.38. The van der Waals surface area contributed by atoms with Gasteiger partial charge in [-0.2, -0.15) is 0 Å².